The Kier molecular flexibility index (Phi) is 3.83. The van der Waals surface area contributed by atoms with Gasteiger partial charge in [0.1, 0.15) is 0 Å². The Morgan fingerprint density at radius 1 is 1.44 bits per heavy atom. The Morgan fingerprint density at radius 3 is 2.81 bits per heavy atom. The summed E-state index contributed by atoms with van der Waals surface area (Å²) in [7, 11) is 0. The highest BCUT2D eigenvalue weighted by molar-refractivity contribution is 5.20. The highest BCUT2D eigenvalue weighted by atomic mass is 16.5. The van der Waals surface area contributed by atoms with Crippen molar-refractivity contribution in [2.45, 2.75) is 51.7 Å². The molecule has 4 heteroatoms. The molecule has 0 aliphatic heterocycles. The largest absolute Gasteiger partial charge is 0.376 e. The van der Waals surface area contributed by atoms with Gasteiger partial charge in [-0.15, -0.1) is 0 Å². The fourth-order valence-electron chi connectivity index (χ4n) is 2.29. The van der Waals surface area contributed by atoms with Crippen LogP contribution in [0.3, 0.4) is 0 Å². The van der Waals surface area contributed by atoms with Crippen molar-refractivity contribution in [2.24, 2.45) is 0 Å². The summed E-state index contributed by atoms with van der Waals surface area (Å²) in [6.45, 7) is 3.50. The summed E-state index contributed by atoms with van der Waals surface area (Å²) in [5.41, 5.74) is 6.72. The normalized spacial score (nSPS) is 17.8. The molecule has 2 rings (SSSR count). The van der Waals surface area contributed by atoms with Crippen LogP contribution in [-0.4, -0.2) is 22.3 Å². The Balaban J connectivity index is 1.73. The zero-order valence-electron chi connectivity index (χ0n) is 9.98. The zero-order chi connectivity index (χ0) is 11.4. The first-order valence-corrected chi connectivity index (χ1v) is 6.16. The molecule has 0 saturated heterocycles. The number of nitrogens with zero attached hydrogens (tertiary/aromatic N) is 2. The zero-order valence-corrected chi connectivity index (χ0v) is 9.98. The molecule has 0 bridgehead atoms. The van der Waals surface area contributed by atoms with Gasteiger partial charge >= 0.3 is 0 Å². The standard InChI is InChI=1S/C12H21N3O/c1-10-9-15(12(13)14-10)7-8-16-11-5-3-2-4-6-11/h9,11H,2-8H2,1H3,(H2,13,14). The van der Waals surface area contributed by atoms with Crippen LogP contribution >= 0.6 is 0 Å². The minimum atomic E-state index is 0.472. The van der Waals surface area contributed by atoms with Crippen LogP contribution in [0.2, 0.25) is 0 Å². The second-order valence-corrected chi connectivity index (χ2v) is 4.56. The molecule has 1 aromatic heterocycles. The summed E-state index contributed by atoms with van der Waals surface area (Å²) in [6.07, 6.45) is 8.89. The van der Waals surface area contributed by atoms with Crippen molar-refractivity contribution in [1.29, 1.82) is 0 Å². The van der Waals surface area contributed by atoms with Gasteiger partial charge in [0, 0.05) is 12.7 Å². The lowest BCUT2D eigenvalue weighted by Crippen LogP contribution is -2.19. The average molecular weight is 223 g/mol. The molecule has 0 aromatic carbocycles. The van der Waals surface area contributed by atoms with Crippen LogP contribution in [-0.2, 0) is 11.3 Å². The third-order valence-corrected chi connectivity index (χ3v) is 3.17. The Morgan fingerprint density at radius 2 is 2.19 bits per heavy atom. The number of nitrogens with two attached hydrogens (primary N) is 1. The van der Waals surface area contributed by atoms with Crippen LogP contribution in [0, 0.1) is 6.92 Å². The fourth-order valence-corrected chi connectivity index (χ4v) is 2.29. The highest BCUT2D eigenvalue weighted by Gasteiger charge is 2.13. The molecule has 90 valence electrons. The minimum Gasteiger partial charge on any atom is -0.376 e. The number of nitrogen functional groups attached to an aromatic ring is 1. The van der Waals surface area contributed by atoms with Gasteiger partial charge in [0.2, 0.25) is 0 Å². The highest BCUT2D eigenvalue weighted by Crippen LogP contribution is 2.20. The molecule has 1 fully saturated rings. The molecule has 1 aliphatic carbocycles. The SMILES string of the molecule is Cc1cn(CCOC2CCCCC2)c(N)n1. The van der Waals surface area contributed by atoms with Gasteiger partial charge in [0.25, 0.3) is 0 Å². The summed E-state index contributed by atoms with van der Waals surface area (Å²) in [4.78, 5) is 4.16. The summed E-state index contributed by atoms with van der Waals surface area (Å²) in [5, 5.41) is 0. The molecular weight excluding hydrogens is 202 g/mol. The topological polar surface area (TPSA) is 53.1 Å². The van der Waals surface area contributed by atoms with Gasteiger partial charge in [0.15, 0.2) is 5.95 Å². The third-order valence-electron chi connectivity index (χ3n) is 3.17. The van der Waals surface area contributed by atoms with Crippen molar-refractivity contribution in [1.82, 2.24) is 9.55 Å². The van der Waals surface area contributed by atoms with Crippen molar-refractivity contribution in [3.05, 3.63) is 11.9 Å². The summed E-state index contributed by atoms with van der Waals surface area (Å²) >= 11 is 0. The van der Waals surface area contributed by atoms with Crippen LogP contribution in [0.4, 0.5) is 5.95 Å². The van der Waals surface area contributed by atoms with Crippen LogP contribution in [0.1, 0.15) is 37.8 Å². The van der Waals surface area contributed by atoms with Gasteiger partial charge in [-0.25, -0.2) is 4.98 Å². The number of imidazole rings is 1. The Hall–Kier alpha value is -1.03. The third kappa shape index (κ3) is 2.98. The first-order chi connectivity index (χ1) is 7.75. The number of aromatic nitrogens is 2. The molecule has 2 N–H and O–H groups in total. The maximum atomic E-state index is 5.85. The molecule has 1 aromatic rings. The lowest BCUT2D eigenvalue weighted by Gasteiger charge is -2.22. The van der Waals surface area contributed by atoms with Gasteiger partial charge in [-0.2, -0.15) is 0 Å². The van der Waals surface area contributed by atoms with Crippen LogP contribution in [0.25, 0.3) is 0 Å². The first kappa shape index (κ1) is 11.5. The predicted octanol–water partition coefficient (Wildman–Crippen LogP) is 2.12. The molecule has 0 radical (unpaired) electrons. The number of anilines is 1. The molecule has 1 saturated carbocycles. The minimum absolute atomic E-state index is 0.472. The van der Waals surface area contributed by atoms with Gasteiger partial charge in [0.05, 0.1) is 18.4 Å². The molecule has 0 spiro atoms. The van der Waals surface area contributed by atoms with Gasteiger partial charge in [-0.3, -0.25) is 0 Å². The van der Waals surface area contributed by atoms with Crippen molar-refractivity contribution in [2.75, 3.05) is 12.3 Å². The summed E-state index contributed by atoms with van der Waals surface area (Å²) in [5.74, 6) is 0.588. The van der Waals surface area contributed by atoms with Crippen molar-refractivity contribution in [3.8, 4) is 0 Å². The van der Waals surface area contributed by atoms with E-state index in [1.807, 2.05) is 17.7 Å². The molecule has 0 atom stereocenters. The fraction of sp³-hybridized carbons (Fsp3) is 0.750. The number of aryl methyl sites for hydroxylation is 1. The lowest BCUT2D eigenvalue weighted by molar-refractivity contribution is 0.0243. The van der Waals surface area contributed by atoms with E-state index < -0.39 is 0 Å². The van der Waals surface area contributed by atoms with E-state index in [9.17, 15) is 0 Å². The van der Waals surface area contributed by atoms with E-state index in [1.165, 1.54) is 32.1 Å². The second kappa shape index (κ2) is 5.34. The second-order valence-electron chi connectivity index (χ2n) is 4.56. The maximum Gasteiger partial charge on any atom is 0.200 e. The van der Waals surface area contributed by atoms with E-state index >= 15 is 0 Å². The molecule has 1 aliphatic rings. The lowest BCUT2D eigenvalue weighted by atomic mass is 9.98. The van der Waals surface area contributed by atoms with Crippen LogP contribution in [0.5, 0.6) is 0 Å². The van der Waals surface area contributed by atoms with Gasteiger partial charge < -0.3 is 15.0 Å². The predicted molar refractivity (Wildman–Crippen MR) is 64.2 cm³/mol. The van der Waals surface area contributed by atoms with Gasteiger partial charge in [-0.05, 0) is 19.8 Å². The van der Waals surface area contributed by atoms with Crippen molar-refractivity contribution in [3.63, 3.8) is 0 Å². The number of hydrogen-bond acceptors (Lipinski definition) is 3. The van der Waals surface area contributed by atoms with Crippen LogP contribution < -0.4 is 5.73 Å². The van der Waals surface area contributed by atoms with E-state index in [2.05, 4.69) is 4.98 Å². The number of hydrogen-bond donors (Lipinski definition) is 1. The monoisotopic (exact) mass is 223 g/mol. The van der Waals surface area contributed by atoms with Crippen molar-refractivity contribution < 1.29 is 4.74 Å². The molecular formula is C12H21N3O. The Bertz CT molecular complexity index is 329. The molecule has 1 heterocycles. The molecule has 16 heavy (non-hydrogen) atoms. The summed E-state index contributed by atoms with van der Waals surface area (Å²) in [6, 6.07) is 0. The van der Waals surface area contributed by atoms with E-state index in [4.69, 9.17) is 10.5 Å². The molecule has 4 nitrogen and oxygen atoms in total. The van der Waals surface area contributed by atoms with E-state index in [1.54, 1.807) is 0 Å². The van der Waals surface area contributed by atoms with E-state index in [0.717, 1.165) is 18.8 Å². The maximum absolute atomic E-state index is 5.85. The quantitative estimate of drug-likeness (QED) is 0.850. The van der Waals surface area contributed by atoms with E-state index in [-0.39, 0.29) is 0 Å². The molecule has 0 unspecified atom stereocenters. The van der Waals surface area contributed by atoms with Gasteiger partial charge in [-0.1, -0.05) is 19.3 Å². The van der Waals surface area contributed by atoms with E-state index in [0.29, 0.717) is 12.1 Å². The first-order valence-electron chi connectivity index (χ1n) is 6.16. The molecule has 0 amide bonds. The number of ether oxygens (including phenoxy) is 1. The smallest absolute Gasteiger partial charge is 0.200 e. The Labute approximate surface area is 96.8 Å². The van der Waals surface area contributed by atoms with Crippen molar-refractivity contribution >= 4 is 5.95 Å². The average Bonchev–Trinajstić information content (AvgIpc) is 2.59. The summed E-state index contributed by atoms with van der Waals surface area (Å²) < 4.78 is 7.80. The van der Waals surface area contributed by atoms with Crippen LogP contribution in [0.15, 0.2) is 6.20 Å². The number of rotatable bonds is 4.